The van der Waals surface area contributed by atoms with E-state index in [0.717, 1.165) is 23.3 Å². The van der Waals surface area contributed by atoms with Gasteiger partial charge in [0.15, 0.2) is 5.96 Å². The Hall–Kier alpha value is -2.04. The summed E-state index contributed by atoms with van der Waals surface area (Å²) < 4.78 is 38.8. The molecule has 29 heavy (non-hydrogen) atoms. The lowest BCUT2D eigenvalue weighted by atomic mass is 10.1. The van der Waals surface area contributed by atoms with Crippen molar-refractivity contribution in [2.75, 3.05) is 38.1 Å². The zero-order valence-corrected chi connectivity index (χ0v) is 18.7. The Morgan fingerprint density at radius 1 is 1.14 bits per heavy atom. The fourth-order valence-corrected chi connectivity index (χ4v) is 3.25. The molecule has 1 N–H and O–H groups in total. The van der Waals surface area contributed by atoms with Crippen molar-refractivity contribution in [1.29, 1.82) is 0 Å². The highest BCUT2D eigenvalue weighted by molar-refractivity contribution is 14.0. The first-order valence-electron chi connectivity index (χ1n) is 9.17. The Kier molecular flexibility index (Phi) is 8.12. The first-order valence-corrected chi connectivity index (χ1v) is 9.17. The second-order valence-electron chi connectivity index (χ2n) is 6.69. The molecule has 1 aromatic carbocycles. The minimum absolute atomic E-state index is 0. The molecule has 1 aromatic heterocycles. The minimum atomic E-state index is -4.33. The lowest BCUT2D eigenvalue weighted by Gasteiger charge is -2.37. The molecule has 1 aliphatic rings. The summed E-state index contributed by atoms with van der Waals surface area (Å²) in [6, 6.07) is 9.42. The molecule has 0 atom stereocenters. The summed E-state index contributed by atoms with van der Waals surface area (Å²) in [5, 5.41) is 3.33. The number of hydrogen-bond donors (Lipinski definition) is 1. The lowest BCUT2D eigenvalue weighted by molar-refractivity contribution is -0.137. The van der Waals surface area contributed by atoms with Gasteiger partial charge in [0, 0.05) is 45.1 Å². The van der Waals surface area contributed by atoms with E-state index in [1.54, 1.807) is 19.3 Å². The molecular weight excluding hydrogens is 494 g/mol. The quantitative estimate of drug-likeness (QED) is 0.380. The van der Waals surface area contributed by atoms with Gasteiger partial charge in [0.2, 0.25) is 0 Å². The third-order valence-electron chi connectivity index (χ3n) is 4.86. The Balaban J connectivity index is 0.00000300. The van der Waals surface area contributed by atoms with Crippen LogP contribution in [0.2, 0.25) is 0 Å². The van der Waals surface area contributed by atoms with Crippen molar-refractivity contribution >= 4 is 35.6 Å². The van der Waals surface area contributed by atoms with Crippen molar-refractivity contribution in [3.05, 3.63) is 59.4 Å². The van der Waals surface area contributed by atoms with E-state index >= 15 is 0 Å². The van der Waals surface area contributed by atoms with Crippen molar-refractivity contribution < 1.29 is 13.2 Å². The zero-order valence-electron chi connectivity index (χ0n) is 16.4. The second-order valence-corrected chi connectivity index (χ2v) is 6.69. The number of aromatic nitrogens is 1. The minimum Gasteiger partial charge on any atom is -0.368 e. The number of halogens is 4. The van der Waals surface area contributed by atoms with Crippen molar-refractivity contribution in [2.45, 2.75) is 19.6 Å². The third kappa shape index (κ3) is 5.97. The van der Waals surface area contributed by atoms with E-state index in [1.165, 1.54) is 12.1 Å². The average molecular weight is 519 g/mol. The number of piperazine rings is 1. The molecule has 9 heteroatoms. The molecule has 1 saturated heterocycles. The SMILES string of the molecule is CN=C(NCc1ncccc1C)N1CCN(c2cccc(C(F)(F)F)c2)CC1.I. The maximum absolute atomic E-state index is 12.9. The van der Waals surface area contributed by atoms with Crippen molar-refractivity contribution in [3.8, 4) is 0 Å². The summed E-state index contributed by atoms with van der Waals surface area (Å²) in [6.07, 6.45) is -2.56. The summed E-state index contributed by atoms with van der Waals surface area (Å²) in [6.45, 7) is 5.21. The van der Waals surface area contributed by atoms with E-state index in [0.29, 0.717) is 38.4 Å². The molecule has 1 aliphatic heterocycles. The van der Waals surface area contributed by atoms with Crippen LogP contribution in [0.4, 0.5) is 18.9 Å². The normalized spacial score (nSPS) is 15.1. The molecular formula is C20H25F3IN5. The highest BCUT2D eigenvalue weighted by atomic mass is 127. The molecule has 2 heterocycles. The van der Waals surface area contributed by atoms with Crippen LogP contribution in [0.15, 0.2) is 47.6 Å². The first kappa shape index (κ1) is 23.2. The van der Waals surface area contributed by atoms with E-state index < -0.39 is 11.7 Å². The van der Waals surface area contributed by atoms with Gasteiger partial charge in [-0.25, -0.2) is 0 Å². The number of anilines is 1. The molecule has 5 nitrogen and oxygen atoms in total. The van der Waals surface area contributed by atoms with Gasteiger partial charge in [0.1, 0.15) is 0 Å². The Bertz CT molecular complexity index is 833. The van der Waals surface area contributed by atoms with Gasteiger partial charge in [-0.05, 0) is 36.8 Å². The number of nitrogens with one attached hydrogen (secondary N) is 1. The fraction of sp³-hybridized carbons (Fsp3) is 0.400. The van der Waals surface area contributed by atoms with Crippen LogP contribution in [0, 0.1) is 6.92 Å². The summed E-state index contributed by atoms with van der Waals surface area (Å²) in [5.74, 6) is 0.772. The predicted octanol–water partition coefficient (Wildman–Crippen LogP) is 3.92. The van der Waals surface area contributed by atoms with Crippen molar-refractivity contribution in [3.63, 3.8) is 0 Å². The van der Waals surface area contributed by atoms with E-state index in [4.69, 9.17) is 0 Å². The maximum atomic E-state index is 12.9. The molecule has 0 saturated carbocycles. The summed E-state index contributed by atoms with van der Waals surface area (Å²) in [4.78, 5) is 12.8. The summed E-state index contributed by atoms with van der Waals surface area (Å²) in [7, 11) is 1.73. The largest absolute Gasteiger partial charge is 0.416 e. The van der Waals surface area contributed by atoms with Gasteiger partial charge in [-0.3, -0.25) is 9.98 Å². The monoisotopic (exact) mass is 519 g/mol. The molecule has 2 aromatic rings. The van der Waals surface area contributed by atoms with Crippen LogP contribution in [0.3, 0.4) is 0 Å². The van der Waals surface area contributed by atoms with Gasteiger partial charge in [-0.1, -0.05) is 12.1 Å². The Morgan fingerprint density at radius 2 is 1.86 bits per heavy atom. The molecule has 0 bridgehead atoms. The van der Waals surface area contributed by atoms with Crippen molar-refractivity contribution in [1.82, 2.24) is 15.2 Å². The van der Waals surface area contributed by atoms with Gasteiger partial charge >= 0.3 is 6.18 Å². The molecule has 0 unspecified atom stereocenters. The van der Waals surface area contributed by atoms with Gasteiger partial charge in [-0.2, -0.15) is 13.2 Å². The fourth-order valence-electron chi connectivity index (χ4n) is 3.25. The number of aliphatic imine (C=N–C) groups is 1. The van der Waals surface area contributed by atoms with Crippen LogP contribution in [-0.2, 0) is 12.7 Å². The molecule has 0 radical (unpaired) electrons. The Morgan fingerprint density at radius 3 is 2.48 bits per heavy atom. The van der Waals surface area contributed by atoms with E-state index in [-0.39, 0.29) is 24.0 Å². The maximum Gasteiger partial charge on any atom is 0.416 e. The van der Waals surface area contributed by atoms with E-state index in [1.807, 2.05) is 24.0 Å². The highest BCUT2D eigenvalue weighted by Gasteiger charge is 2.31. The van der Waals surface area contributed by atoms with Gasteiger partial charge < -0.3 is 15.1 Å². The Labute approximate surface area is 186 Å². The molecule has 0 amide bonds. The number of pyridine rings is 1. The number of benzene rings is 1. The van der Waals surface area contributed by atoms with Crippen molar-refractivity contribution in [2.24, 2.45) is 4.99 Å². The van der Waals surface area contributed by atoms with E-state index in [2.05, 4.69) is 20.2 Å². The zero-order chi connectivity index (χ0) is 20.1. The standard InChI is InChI=1S/C20H24F3N5.HI/c1-15-5-4-8-25-18(15)14-26-19(24-2)28-11-9-27(10-12-28)17-7-3-6-16(13-17)20(21,22)23;/h3-8,13H,9-12,14H2,1-2H3,(H,24,26);1H. The molecule has 0 spiro atoms. The number of hydrogen-bond acceptors (Lipinski definition) is 3. The van der Waals surface area contributed by atoms with E-state index in [9.17, 15) is 13.2 Å². The molecule has 158 valence electrons. The molecule has 3 rings (SSSR count). The number of aryl methyl sites for hydroxylation is 1. The third-order valence-corrected chi connectivity index (χ3v) is 4.86. The van der Waals surface area contributed by atoms with Crippen LogP contribution in [0.5, 0.6) is 0 Å². The summed E-state index contributed by atoms with van der Waals surface area (Å²) >= 11 is 0. The average Bonchev–Trinajstić information content (AvgIpc) is 2.70. The highest BCUT2D eigenvalue weighted by Crippen LogP contribution is 2.31. The number of rotatable bonds is 3. The summed E-state index contributed by atoms with van der Waals surface area (Å²) in [5.41, 5.74) is 2.06. The van der Waals surface area contributed by atoms with Crippen LogP contribution in [0.1, 0.15) is 16.8 Å². The lowest BCUT2D eigenvalue weighted by Crippen LogP contribution is -2.52. The van der Waals surface area contributed by atoms with Crippen LogP contribution in [-0.4, -0.2) is 49.1 Å². The van der Waals surface area contributed by atoms with Crippen LogP contribution >= 0.6 is 24.0 Å². The van der Waals surface area contributed by atoms with Gasteiger partial charge in [0.05, 0.1) is 17.8 Å². The predicted molar refractivity (Wildman–Crippen MR) is 120 cm³/mol. The number of nitrogens with zero attached hydrogens (tertiary/aromatic N) is 4. The first-order chi connectivity index (χ1) is 13.4. The number of guanidine groups is 1. The smallest absolute Gasteiger partial charge is 0.368 e. The second kappa shape index (κ2) is 10.1. The van der Waals surface area contributed by atoms with Crippen LogP contribution in [0.25, 0.3) is 0 Å². The van der Waals surface area contributed by atoms with Gasteiger partial charge in [0.25, 0.3) is 0 Å². The molecule has 0 aliphatic carbocycles. The molecule has 1 fully saturated rings. The van der Waals surface area contributed by atoms with Gasteiger partial charge in [-0.15, -0.1) is 24.0 Å². The van der Waals surface area contributed by atoms with Crippen LogP contribution < -0.4 is 10.2 Å². The topological polar surface area (TPSA) is 43.8 Å². The number of alkyl halides is 3.